The molecule has 0 fully saturated rings. The van der Waals surface area contributed by atoms with Crippen LogP contribution in [0.25, 0.3) is 0 Å². The molecule has 0 radical (unpaired) electrons. The van der Waals surface area contributed by atoms with Gasteiger partial charge < -0.3 is 9.47 Å². The zero-order valence-corrected chi connectivity index (χ0v) is 16.0. The molecule has 0 atom stereocenters. The molecule has 0 aromatic heterocycles. The highest BCUT2D eigenvalue weighted by Gasteiger charge is 2.19. The monoisotopic (exact) mass is 466 g/mol. The normalized spacial score (nSPS) is 10.4. The Labute approximate surface area is 154 Å². The number of carbonyl (C=O) groups is 1. The van der Waals surface area contributed by atoms with Crippen LogP contribution in [0.3, 0.4) is 0 Å². The summed E-state index contributed by atoms with van der Waals surface area (Å²) in [5.41, 5.74) is 0.300. The Morgan fingerprint density at radius 1 is 1.18 bits per heavy atom. The fourth-order valence-electron chi connectivity index (χ4n) is 1.72. The minimum absolute atomic E-state index is 0.207. The lowest BCUT2D eigenvalue weighted by atomic mass is 10.2. The van der Waals surface area contributed by atoms with Gasteiger partial charge >= 0.3 is 5.97 Å². The number of benzene rings is 2. The zero-order valence-electron chi connectivity index (χ0n) is 11.3. The van der Waals surface area contributed by atoms with Crippen molar-refractivity contribution in [2.24, 2.45) is 0 Å². The Kier molecular flexibility index (Phi) is 6.15. The van der Waals surface area contributed by atoms with Gasteiger partial charge in [0.25, 0.3) is 0 Å². The van der Waals surface area contributed by atoms with Gasteiger partial charge in [-0.15, -0.1) is 0 Å². The van der Waals surface area contributed by atoms with Gasteiger partial charge in [-0.1, -0.05) is 39.1 Å². The summed E-state index contributed by atoms with van der Waals surface area (Å²) in [6.07, 6.45) is 0. The standard InChI is InChI=1S/C15H10Br2Cl2O3/c1-2-21-13-4-3-8(16)5-10(13)15(20)22-14-11(17)6-9(18)7-12(14)19/h3-7H,2H2,1H3. The first kappa shape index (κ1) is 17.6. The summed E-state index contributed by atoms with van der Waals surface area (Å²) in [5.74, 6) is 0.0741. The van der Waals surface area contributed by atoms with Crippen LogP contribution >= 0.6 is 55.1 Å². The highest BCUT2D eigenvalue weighted by molar-refractivity contribution is 9.10. The van der Waals surface area contributed by atoms with Crippen molar-refractivity contribution in [2.75, 3.05) is 6.61 Å². The van der Waals surface area contributed by atoms with Crippen LogP contribution in [0.5, 0.6) is 11.5 Å². The van der Waals surface area contributed by atoms with Crippen LogP contribution in [0, 0.1) is 0 Å². The number of esters is 1. The van der Waals surface area contributed by atoms with Crippen LogP contribution in [-0.4, -0.2) is 12.6 Å². The van der Waals surface area contributed by atoms with Gasteiger partial charge in [0.15, 0.2) is 5.75 Å². The summed E-state index contributed by atoms with van der Waals surface area (Å²) in [6, 6.07) is 8.21. The topological polar surface area (TPSA) is 35.5 Å². The van der Waals surface area contributed by atoms with E-state index in [4.69, 9.17) is 32.7 Å². The molecule has 0 heterocycles. The number of halogens is 4. The molecule has 0 aliphatic heterocycles. The maximum atomic E-state index is 12.4. The number of hydrogen-bond donors (Lipinski definition) is 0. The van der Waals surface area contributed by atoms with Crippen molar-refractivity contribution in [2.45, 2.75) is 6.92 Å². The lowest BCUT2D eigenvalue weighted by Gasteiger charge is -2.12. The second-order valence-electron chi connectivity index (χ2n) is 4.16. The molecule has 0 unspecified atom stereocenters. The Morgan fingerprint density at radius 3 is 2.55 bits per heavy atom. The minimum atomic E-state index is -0.574. The molecule has 116 valence electrons. The van der Waals surface area contributed by atoms with E-state index in [0.29, 0.717) is 27.4 Å². The average molecular weight is 469 g/mol. The number of ether oxygens (including phenoxy) is 2. The first-order chi connectivity index (χ1) is 10.4. The largest absolute Gasteiger partial charge is 0.493 e. The van der Waals surface area contributed by atoms with Crippen LogP contribution in [-0.2, 0) is 0 Å². The first-order valence-corrected chi connectivity index (χ1v) is 8.55. The molecule has 0 amide bonds. The van der Waals surface area contributed by atoms with E-state index in [1.165, 1.54) is 6.07 Å². The van der Waals surface area contributed by atoms with E-state index in [9.17, 15) is 4.79 Å². The van der Waals surface area contributed by atoms with Crippen molar-refractivity contribution in [1.82, 2.24) is 0 Å². The first-order valence-electron chi connectivity index (χ1n) is 6.21. The van der Waals surface area contributed by atoms with Crippen LogP contribution < -0.4 is 9.47 Å². The average Bonchev–Trinajstić information content (AvgIpc) is 2.44. The Hall–Kier alpha value is -0.750. The SMILES string of the molecule is CCOc1ccc(Br)cc1C(=O)Oc1c(Cl)cc(Cl)cc1Br. The maximum absolute atomic E-state index is 12.4. The van der Waals surface area contributed by atoms with E-state index >= 15 is 0 Å². The minimum Gasteiger partial charge on any atom is -0.493 e. The molecule has 0 saturated heterocycles. The Balaban J connectivity index is 2.36. The molecule has 2 aromatic rings. The number of hydrogen-bond acceptors (Lipinski definition) is 3. The van der Waals surface area contributed by atoms with Crippen molar-refractivity contribution in [1.29, 1.82) is 0 Å². The molecule has 0 N–H and O–H groups in total. The van der Waals surface area contributed by atoms with E-state index in [1.807, 2.05) is 6.92 Å². The van der Waals surface area contributed by atoms with Crippen molar-refractivity contribution in [3.05, 3.63) is 54.9 Å². The summed E-state index contributed by atoms with van der Waals surface area (Å²) in [7, 11) is 0. The third kappa shape index (κ3) is 4.16. The Bertz CT molecular complexity index is 697. The van der Waals surface area contributed by atoms with Crippen molar-refractivity contribution >= 4 is 61.0 Å². The van der Waals surface area contributed by atoms with E-state index in [2.05, 4.69) is 31.9 Å². The number of carbonyl (C=O) groups excluding carboxylic acids is 1. The summed E-state index contributed by atoms with van der Waals surface area (Å²) in [5, 5.41) is 0.676. The molecule has 0 bridgehead atoms. The lowest BCUT2D eigenvalue weighted by Crippen LogP contribution is -2.11. The third-order valence-electron chi connectivity index (χ3n) is 2.62. The predicted octanol–water partition coefficient (Wildman–Crippen LogP) is 6.14. The highest BCUT2D eigenvalue weighted by atomic mass is 79.9. The fourth-order valence-corrected chi connectivity index (χ4v) is 3.40. The number of rotatable bonds is 4. The summed E-state index contributed by atoms with van der Waals surface area (Å²) in [6.45, 7) is 2.27. The molecular formula is C15H10Br2Cl2O3. The van der Waals surface area contributed by atoms with Crippen LogP contribution in [0.2, 0.25) is 10.0 Å². The van der Waals surface area contributed by atoms with Crippen LogP contribution in [0.1, 0.15) is 17.3 Å². The van der Waals surface area contributed by atoms with E-state index in [0.717, 1.165) is 4.47 Å². The fraction of sp³-hybridized carbons (Fsp3) is 0.133. The van der Waals surface area contributed by atoms with Gasteiger partial charge in [0, 0.05) is 9.50 Å². The summed E-state index contributed by atoms with van der Waals surface area (Å²) in [4.78, 5) is 12.4. The Morgan fingerprint density at radius 2 is 1.91 bits per heavy atom. The molecule has 7 heteroatoms. The molecule has 0 saturated carbocycles. The predicted molar refractivity (Wildman–Crippen MR) is 94.4 cm³/mol. The maximum Gasteiger partial charge on any atom is 0.347 e. The molecule has 0 spiro atoms. The quantitative estimate of drug-likeness (QED) is 0.399. The van der Waals surface area contributed by atoms with E-state index < -0.39 is 5.97 Å². The third-order valence-corrected chi connectivity index (χ3v) is 4.20. The van der Waals surface area contributed by atoms with Gasteiger partial charge in [-0.25, -0.2) is 4.79 Å². The van der Waals surface area contributed by atoms with Gasteiger partial charge in [0.05, 0.1) is 16.1 Å². The van der Waals surface area contributed by atoms with E-state index in [1.54, 1.807) is 24.3 Å². The van der Waals surface area contributed by atoms with Gasteiger partial charge in [-0.2, -0.15) is 0 Å². The van der Waals surface area contributed by atoms with Gasteiger partial charge in [-0.3, -0.25) is 0 Å². The second-order valence-corrected chi connectivity index (χ2v) is 6.78. The second kappa shape index (κ2) is 7.68. The van der Waals surface area contributed by atoms with Gasteiger partial charge in [-0.05, 0) is 53.2 Å². The van der Waals surface area contributed by atoms with E-state index in [-0.39, 0.29) is 10.8 Å². The highest BCUT2D eigenvalue weighted by Crippen LogP contribution is 2.37. The van der Waals surface area contributed by atoms with Gasteiger partial charge in [0.2, 0.25) is 0 Å². The van der Waals surface area contributed by atoms with Crippen molar-refractivity contribution in [3.63, 3.8) is 0 Å². The van der Waals surface area contributed by atoms with Crippen LogP contribution in [0.15, 0.2) is 39.3 Å². The molecule has 0 aliphatic carbocycles. The molecule has 22 heavy (non-hydrogen) atoms. The molecule has 2 aromatic carbocycles. The molecule has 3 nitrogen and oxygen atoms in total. The molecule has 0 aliphatic rings. The summed E-state index contributed by atoms with van der Waals surface area (Å²) < 4.78 is 12.1. The lowest BCUT2D eigenvalue weighted by molar-refractivity contribution is 0.0729. The van der Waals surface area contributed by atoms with Crippen molar-refractivity contribution in [3.8, 4) is 11.5 Å². The molecule has 2 rings (SSSR count). The zero-order chi connectivity index (χ0) is 16.3. The smallest absolute Gasteiger partial charge is 0.347 e. The molecular weight excluding hydrogens is 459 g/mol. The van der Waals surface area contributed by atoms with Gasteiger partial charge in [0.1, 0.15) is 11.3 Å². The van der Waals surface area contributed by atoms with Crippen LogP contribution in [0.4, 0.5) is 0 Å². The summed E-state index contributed by atoms with van der Waals surface area (Å²) >= 11 is 18.5. The van der Waals surface area contributed by atoms with Crippen molar-refractivity contribution < 1.29 is 14.3 Å².